The molecule has 0 aliphatic rings. The molecule has 0 aliphatic heterocycles. The quantitative estimate of drug-likeness (QED) is 0.192. The molecule has 1 amide bonds. The maximum absolute atomic E-state index is 12.9. The number of para-hydroxylation sites is 2. The average Bonchev–Trinajstić information content (AvgIpc) is 3.45. The lowest BCUT2D eigenvalue weighted by Crippen LogP contribution is -2.27. The molecule has 0 spiro atoms. The number of fused-ring (bicyclic) bond motifs is 2. The number of nitrogens with one attached hydrogen (secondary N) is 1. The first-order chi connectivity index (χ1) is 21.2. The molecule has 10 heteroatoms. The highest BCUT2D eigenvalue weighted by atomic mass is 35.5. The summed E-state index contributed by atoms with van der Waals surface area (Å²) in [5, 5.41) is 8.77. The summed E-state index contributed by atoms with van der Waals surface area (Å²) in [6.07, 6.45) is 2.65. The van der Waals surface area contributed by atoms with Crippen molar-refractivity contribution in [1.82, 2.24) is 19.7 Å². The van der Waals surface area contributed by atoms with Crippen molar-refractivity contribution in [2.75, 3.05) is 16.1 Å². The fourth-order valence-electron chi connectivity index (χ4n) is 5.03. The van der Waals surface area contributed by atoms with E-state index < -0.39 is 11.7 Å². The van der Waals surface area contributed by atoms with Crippen molar-refractivity contribution < 1.29 is 14.3 Å². The van der Waals surface area contributed by atoms with Gasteiger partial charge in [0.1, 0.15) is 23.6 Å². The molecule has 2 aromatic heterocycles. The van der Waals surface area contributed by atoms with Gasteiger partial charge in [-0.05, 0) is 74.9 Å². The first-order valence-corrected chi connectivity index (χ1v) is 14.5. The number of carbonyl (C=O) groups is 2. The Balaban J connectivity index is 1.53. The highest BCUT2D eigenvalue weighted by Crippen LogP contribution is 2.43. The molecule has 0 aliphatic carbocycles. The number of benzene rings is 4. The zero-order chi connectivity index (χ0) is 30.8. The first-order valence-electron chi connectivity index (χ1n) is 14.0. The standard InChI is InChI=1S/C34H29ClN6O3/c1-34(2,3)44-33(43)41-29-16-15-25(18-23(29)20-38-41)40(32-27-12-4-6-13-28(27)36-21-37-32)30-14-7-5-11-26(30)22-9-8-10-24(17-22)39-31(42)19-35/h4-18,20-21H,19H2,1-3H3,(H,39,42). The van der Waals surface area contributed by atoms with Gasteiger partial charge in [-0.15, -0.1) is 11.6 Å². The van der Waals surface area contributed by atoms with Crippen LogP contribution in [-0.2, 0) is 9.53 Å². The molecule has 1 N–H and O–H groups in total. The van der Waals surface area contributed by atoms with Gasteiger partial charge in [0.15, 0.2) is 0 Å². The van der Waals surface area contributed by atoms with Crippen LogP contribution in [0.1, 0.15) is 20.8 Å². The van der Waals surface area contributed by atoms with E-state index >= 15 is 0 Å². The van der Waals surface area contributed by atoms with Crippen LogP contribution in [-0.4, -0.2) is 43.2 Å². The molecule has 0 saturated carbocycles. The summed E-state index contributed by atoms with van der Waals surface area (Å²) in [7, 11) is 0. The van der Waals surface area contributed by atoms with E-state index in [9.17, 15) is 9.59 Å². The Morgan fingerprint density at radius 1 is 0.932 bits per heavy atom. The van der Waals surface area contributed by atoms with Gasteiger partial charge >= 0.3 is 6.09 Å². The highest BCUT2D eigenvalue weighted by Gasteiger charge is 2.23. The van der Waals surface area contributed by atoms with Crippen LogP contribution >= 0.6 is 11.6 Å². The number of hydrogen-bond donors (Lipinski definition) is 1. The Kier molecular flexibility index (Phi) is 7.71. The molecule has 0 bridgehead atoms. The minimum absolute atomic E-state index is 0.137. The minimum atomic E-state index is -0.659. The summed E-state index contributed by atoms with van der Waals surface area (Å²) in [6, 6.07) is 29.1. The summed E-state index contributed by atoms with van der Waals surface area (Å²) < 4.78 is 6.83. The molecule has 44 heavy (non-hydrogen) atoms. The number of alkyl halides is 1. The van der Waals surface area contributed by atoms with E-state index in [1.807, 2.05) is 112 Å². The van der Waals surface area contributed by atoms with Crippen LogP contribution in [0.4, 0.5) is 27.7 Å². The van der Waals surface area contributed by atoms with E-state index in [-0.39, 0.29) is 11.8 Å². The maximum atomic E-state index is 12.9. The van der Waals surface area contributed by atoms with E-state index in [2.05, 4.69) is 20.3 Å². The third-order valence-corrected chi connectivity index (χ3v) is 7.08. The van der Waals surface area contributed by atoms with Crippen LogP contribution in [0.15, 0.2) is 104 Å². The van der Waals surface area contributed by atoms with E-state index in [1.165, 1.54) is 4.68 Å². The van der Waals surface area contributed by atoms with Gasteiger partial charge in [0.25, 0.3) is 0 Å². The predicted octanol–water partition coefficient (Wildman–Crippen LogP) is 8.08. The highest BCUT2D eigenvalue weighted by molar-refractivity contribution is 6.29. The number of aromatic nitrogens is 4. The predicted molar refractivity (Wildman–Crippen MR) is 174 cm³/mol. The first kappa shape index (κ1) is 28.8. The molecule has 0 fully saturated rings. The van der Waals surface area contributed by atoms with Gasteiger partial charge in [0.2, 0.25) is 5.91 Å². The van der Waals surface area contributed by atoms with Crippen LogP contribution in [0.3, 0.4) is 0 Å². The van der Waals surface area contributed by atoms with Gasteiger partial charge in [0, 0.05) is 27.7 Å². The molecular weight excluding hydrogens is 576 g/mol. The summed E-state index contributed by atoms with van der Waals surface area (Å²) >= 11 is 5.73. The molecule has 220 valence electrons. The number of amides is 1. The summed E-state index contributed by atoms with van der Waals surface area (Å²) in [5.41, 5.74) is 4.82. The van der Waals surface area contributed by atoms with Gasteiger partial charge in [-0.1, -0.05) is 42.5 Å². The van der Waals surface area contributed by atoms with Crippen LogP contribution in [0, 0.1) is 0 Å². The van der Waals surface area contributed by atoms with Crippen molar-refractivity contribution in [3.8, 4) is 11.1 Å². The lowest BCUT2D eigenvalue weighted by atomic mass is 10.0. The molecule has 0 atom stereocenters. The fourth-order valence-corrected chi connectivity index (χ4v) is 5.09. The SMILES string of the molecule is CC(C)(C)OC(=O)n1ncc2cc(N(c3ccccc3-c3cccc(NC(=O)CCl)c3)c3ncnc4ccccc34)ccc21. The van der Waals surface area contributed by atoms with Crippen LogP contribution in [0.2, 0.25) is 0 Å². The Hall–Kier alpha value is -5.28. The molecule has 0 unspecified atom stereocenters. The number of nitrogens with zero attached hydrogens (tertiary/aromatic N) is 5. The van der Waals surface area contributed by atoms with E-state index in [0.29, 0.717) is 17.0 Å². The minimum Gasteiger partial charge on any atom is -0.442 e. The van der Waals surface area contributed by atoms with Gasteiger partial charge in [-0.3, -0.25) is 9.69 Å². The van der Waals surface area contributed by atoms with Crippen molar-refractivity contribution in [1.29, 1.82) is 0 Å². The number of carbonyl (C=O) groups excluding carboxylic acids is 2. The van der Waals surface area contributed by atoms with Crippen molar-refractivity contribution in [3.63, 3.8) is 0 Å². The second kappa shape index (κ2) is 11.8. The number of rotatable bonds is 6. The van der Waals surface area contributed by atoms with Crippen molar-refractivity contribution in [2.24, 2.45) is 0 Å². The summed E-state index contributed by atoms with van der Waals surface area (Å²) in [4.78, 5) is 36.2. The lowest BCUT2D eigenvalue weighted by Gasteiger charge is -2.28. The fraction of sp³-hybridized carbons (Fsp3) is 0.147. The van der Waals surface area contributed by atoms with Gasteiger partial charge < -0.3 is 10.1 Å². The van der Waals surface area contributed by atoms with Crippen LogP contribution in [0.25, 0.3) is 32.9 Å². The van der Waals surface area contributed by atoms with Gasteiger partial charge in [-0.2, -0.15) is 9.78 Å². The largest absolute Gasteiger partial charge is 0.442 e. The Morgan fingerprint density at radius 3 is 2.55 bits per heavy atom. The second-order valence-corrected chi connectivity index (χ2v) is 11.4. The third kappa shape index (κ3) is 5.82. The summed E-state index contributed by atoms with van der Waals surface area (Å²) in [6.45, 7) is 5.45. The van der Waals surface area contributed by atoms with Crippen molar-refractivity contribution >= 4 is 68.3 Å². The number of hydrogen-bond acceptors (Lipinski definition) is 7. The Bertz CT molecular complexity index is 2010. The van der Waals surface area contributed by atoms with E-state index in [0.717, 1.165) is 38.8 Å². The molecular formula is C34H29ClN6O3. The van der Waals surface area contributed by atoms with E-state index in [4.69, 9.17) is 21.3 Å². The maximum Gasteiger partial charge on any atom is 0.435 e. The molecule has 4 aromatic carbocycles. The molecule has 9 nitrogen and oxygen atoms in total. The van der Waals surface area contributed by atoms with Crippen LogP contribution < -0.4 is 10.2 Å². The zero-order valence-corrected chi connectivity index (χ0v) is 25.1. The Morgan fingerprint density at radius 2 is 1.73 bits per heavy atom. The molecule has 0 radical (unpaired) electrons. The summed E-state index contributed by atoms with van der Waals surface area (Å²) in [5.74, 6) is 0.252. The van der Waals surface area contributed by atoms with E-state index in [1.54, 1.807) is 12.5 Å². The van der Waals surface area contributed by atoms with Gasteiger partial charge in [0.05, 0.1) is 22.9 Å². The monoisotopic (exact) mass is 604 g/mol. The van der Waals surface area contributed by atoms with Crippen LogP contribution in [0.5, 0.6) is 0 Å². The number of anilines is 4. The lowest BCUT2D eigenvalue weighted by molar-refractivity contribution is -0.113. The molecule has 2 heterocycles. The smallest absolute Gasteiger partial charge is 0.435 e. The molecule has 6 rings (SSSR count). The molecule has 6 aromatic rings. The normalized spacial score (nSPS) is 11.5. The number of halogens is 1. The zero-order valence-electron chi connectivity index (χ0n) is 24.4. The third-order valence-electron chi connectivity index (χ3n) is 6.83. The van der Waals surface area contributed by atoms with Gasteiger partial charge in [-0.25, -0.2) is 14.8 Å². The van der Waals surface area contributed by atoms with Crippen molar-refractivity contribution in [2.45, 2.75) is 26.4 Å². The topological polar surface area (TPSA) is 102 Å². The average molecular weight is 605 g/mol. The molecule has 0 saturated heterocycles. The number of ether oxygens (including phenoxy) is 1. The van der Waals surface area contributed by atoms with Crippen molar-refractivity contribution in [3.05, 3.63) is 104 Å². The Labute approximate surface area is 259 Å². The second-order valence-electron chi connectivity index (χ2n) is 11.1.